The molecule has 3 heteroatoms. The van der Waals surface area contributed by atoms with Crippen LogP contribution in [0.1, 0.15) is 23.3 Å². The number of nitrogens with one attached hydrogen (secondary N) is 1. The van der Waals surface area contributed by atoms with Crippen LogP contribution in [0.2, 0.25) is 0 Å². The first kappa shape index (κ1) is 7.28. The fraction of sp³-hybridized carbons (Fsp3) is 0.333. The van der Waals surface area contributed by atoms with Crippen LogP contribution in [0.15, 0.2) is 18.3 Å². The second-order valence-electron chi connectivity index (χ2n) is 3.01. The normalized spacial score (nSPS) is 15.7. The summed E-state index contributed by atoms with van der Waals surface area (Å²) in [5.41, 5.74) is 1.48. The summed E-state index contributed by atoms with van der Waals surface area (Å²) < 4.78 is 0. The number of hydrogen-bond donors (Lipinski definition) is 1. The van der Waals surface area contributed by atoms with E-state index in [4.69, 9.17) is 0 Å². The largest absolute Gasteiger partial charge is 0.382 e. The van der Waals surface area contributed by atoms with Gasteiger partial charge in [0.25, 0.3) is 0 Å². The van der Waals surface area contributed by atoms with Crippen LogP contribution in [0.25, 0.3) is 0 Å². The number of hydrogen-bond acceptors (Lipinski definition) is 3. The number of pyridine rings is 1. The zero-order chi connectivity index (χ0) is 8.39. The number of rotatable bonds is 3. The highest BCUT2D eigenvalue weighted by atomic mass is 16.1. The van der Waals surface area contributed by atoms with Crippen molar-refractivity contribution in [1.82, 2.24) is 4.98 Å². The molecule has 1 N–H and O–H groups in total. The maximum Gasteiger partial charge on any atom is 0.168 e. The van der Waals surface area contributed by atoms with Gasteiger partial charge in [0.2, 0.25) is 0 Å². The molecule has 1 saturated carbocycles. The molecule has 1 aliphatic carbocycles. The Morgan fingerprint density at radius 1 is 1.58 bits per heavy atom. The van der Waals surface area contributed by atoms with Gasteiger partial charge in [0.1, 0.15) is 5.69 Å². The summed E-state index contributed by atoms with van der Waals surface area (Å²) in [6.45, 7) is 0. The molecule has 2 rings (SSSR count). The van der Waals surface area contributed by atoms with Crippen molar-refractivity contribution in [2.45, 2.75) is 18.9 Å². The number of nitrogens with zero attached hydrogens (tertiary/aromatic N) is 1. The number of aldehydes is 1. The number of carbonyl (C=O) groups excluding carboxylic acids is 1. The average molecular weight is 162 g/mol. The van der Waals surface area contributed by atoms with E-state index in [2.05, 4.69) is 10.3 Å². The van der Waals surface area contributed by atoms with Crippen LogP contribution in [-0.4, -0.2) is 17.3 Å². The van der Waals surface area contributed by atoms with Crippen LogP contribution in [0, 0.1) is 0 Å². The maximum absolute atomic E-state index is 10.4. The van der Waals surface area contributed by atoms with E-state index in [1.165, 1.54) is 12.8 Å². The summed E-state index contributed by atoms with van der Waals surface area (Å²) in [5.74, 6) is 0. The van der Waals surface area contributed by atoms with Crippen LogP contribution in [0.4, 0.5) is 5.69 Å². The fourth-order valence-electron chi connectivity index (χ4n) is 1.07. The van der Waals surface area contributed by atoms with Crippen LogP contribution in [-0.2, 0) is 0 Å². The maximum atomic E-state index is 10.4. The van der Waals surface area contributed by atoms with Crippen molar-refractivity contribution in [3.63, 3.8) is 0 Å². The third kappa shape index (κ3) is 1.61. The van der Waals surface area contributed by atoms with Gasteiger partial charge in [0, 0.05) is 17.9 Å². The van der Waals surface area contributed by atoms with Crippen molar-refractivity contribution in [3.05, 3.63) is 24.0 Å². The van der Waals surface area contributed by atoms with Crippen LogP contribution >= 0.6 is 0 Å². The summed E-state index contributed by atoms with van der Waals surface area (Å²) >= 11 is 0. The Labute approximate surface area is 70.8 Å². The molecule has 1 heterocycles. The smallest absolute Gasteiger partial charge is 0.168 e. The number of anilines is 1. The van der Waals surface area contributed by atoms with Crippen molar-refractivity contribution < 1.29 is 4.79 Å². The molecule has 3 nitrogen and oxygen atoms in total. The Morgan fingerprint density at radius 2 is 2.42 bits per heavy atom. The van der Waals surface area contributed by atoms with Crippen molar-refractivity contribution in [2.75, 3.05) is 5.32 Å². The topological polar surface area (TPSA) is 42.0 Å². The predicted molar refractivity (Wildman–Crippen MR) is 46.3 cm³/mol. The van der Waals surface area contributed by atoms with Crippen LogP contribution in [0.3, 0.4) is 0 Å². The second kappa shape index (κ2) is 2.93. The standard InChI is InChI=1S/C9H10N2O/c12-6-9-5-8(3-4-10-9)11-7-1-2-7/h3-7H,1-2H2,(H,10,11). The van der Waals surface area contributed by atoms with Gasteiger partial charge in [-0.05, 0) is 25.0 Å². The highest BCUT2D eigenvalue weighted by Crippen LogP contribution is 2.24. The molecular weight excluding hydrogens is 152 g/mol. The van der Waals surface area contributed by atoms with E-state index in [1.807, 2.05) is 6.07 Å². The molecule has 62 valence electrons. The Balaban J connectivity index is 2.13. The lowest BCUT2D eigenvalue weighted by atomic mass is 10.3. The van der Waals surface area contributed by atoms with Gasteiger partial charge in [-0.15, -0.1) is 0 Å². The minimum atomic E-state index is 0.487. The SMILES string of the molecule is O=Cc1cc(NC2CC2)ccn1. The summed E-state index contributed by atoms with van der Waals surface area (Å²) in [6, 6.07) is 4.27. The molecule has 0 spiro atoms. The lowest BCUT2D eigenvalue weighted by molar-refractivity contribution is 0.111. The lowest BCUT2D eigenvalue weighted by Gasteiger charge is -2.02. The van der Waals surface area contributed by atoms with Crippen molar-refractivity contribution >= 4 is 12.0 Å². The summed E-state index contributed by atoms with van der Waals surface area (Å²) in [7, 11) is 0. The molecule has 0 aliphatic heterocycles. The molecule has 1 fully saturated rings. The van der Waals surface area contributed by atoms with Gasteiger partial charge in [0.15, 0.2) is 6.29 Å². The zero-order valence-electron chi connectivity index (χ0n) is 6.66. The van der Waals surface area contributed by atoms with Gasteiger partial charge in [-0.25, -0.2) is 0 Å². The highest BCUT2D eigenvalue weighted by Gasteiger charge is 2.20. The molecule has 0 amide bonds. The summed E-state index contributed by atoms with van der Waals surface area (Å²) in [6.07, 6.45) is 4.88. The van der Waals surface area contributed by atoms with Crippen molar-refractivity contribution in [1.29, 1.82) is 0 Å². The minimum Gasteiger partial charge on any atom is -0.382 e. The molecule has 1 aromatic rings. The average Bonchev–Trinajstić information content (AvgIpc) is 2.89. The Morgan fingerprint density at radius 3 is 3.08 bits per heavy atom. The Kier molecular flexibility index (Phi) is 1.78. The third-order valence-electron chi connectivity index (χ3n) is 1.85. The van der Waals surface area contributed by atoms with E-state index < -0.39 is 0 Å². The zero-order valence-corrected chi connectivity index (χ0v) is 6.66. The van der Waals surface area contributed by atoms with Crippen LogP contribution < -0.4 is 5.32 Å². The van der Waals surface area contributed by atoms with Gasteiger partial charge in [-0.2, -0.15) is 0 Å². The molecule has 0 aromatic carbocycles. The van der Waals surface area contributed by atoms with E-state index >= 15 is 0 Å². The first-order chi connectivity index (χ1) is 5.88. The molecule has 12 heavy (non-hydrogen) atoms. The molecule has 0 atom stereocenters. The molecule has 0 radical (unpaired) electrons. The van der Waals surface area contributed by atoms with Crippen molar-refractivity contribution in [3.8, 4) is 0 Å². The molecule has 1 aliphatic rings. The quantitative estimate of drug-likeness (QED) is 0.684. The van der Waals surface area contributed by atoms with E-state index in [9.17, 15) is 4.79 Å². The van der Waals surface area contributed by atoms with Gasteiger partial charge in [-0.1, -0.05) is 0 Å². The van der Waals surface area contributed by atoms with Crippen molar-refractivity contribution in [2.24, 2.45) is 0 Å². The van der Waals surface area contributed by atoms with E-state index in [1.54, 1.807) is 12.3 Å². The van der Waals surface area contributed by atoms with E-state index in [-0.39, 0.29) is 0 Å². The summed E-state index contributed by atoms with van der Waals surface area (Å²) in [5, 5.41) is 3.29. The number of aromatic nitrogens is 1. The first-order valence-corrected chi connectivity index (χ1v) is 4.06. The van der Waals surface area contributed by atoms with E-state index in [0.29, 0.717) is 11.7 Å². The summed E-state index contributed by atoms with van der Waals surface area (Å²) in [4.78, 5) is 14.2. The molecule has 1 aromatic heterocycles. The fourth-order valence-corrected chi connectivity index (χ4v) is 1.07. The van der Waals surface area contributed by atoms with E-state index in [0.717, 1.165) is 12.0 Å². The van der Waals surface area contributed by atoms with Gasteiger partial charge < -0.3 is 5.32 Å². The number of carbonyl (C=O) groups is 1. The lowest BCUT2D eigenvalue weighted by Crippen LogP contribution is -2.01. The molecular formula is C9H10N2O. The van der Waals surface area contributed by atoms with Gasteiger partial charge in [-0.3, -0.25) is 9.78 Å². The third-order valence-corrected chi connectivity index (χ3v) is 1.85. The Hall–Kier alpha value is -1.38. The Bertz CT molecular complexity index is 294. The second-order valence-corrected chi connectivity index (χ2v) is 3.01. The highest BCUT2D eigenvalue weighted by molar-refractivity contribution is 5.73. The molecule has 0 unspecified atom stereocenters. The molecule has 0 saturated heterocycles. The minimum absolute atomic E-state index is 0.487. The van der Waals surface area contributed by atoms with Gasteiger partial charge in [0.05, 0.1) is 0 Å². The monoisotopic (exact) mass is 162 g/mol. The first-order valence-electron chi connectivity index (χ1n) is 4.06. The molecule has 0 bridgehead atoms. The van der Waals surface area contributed by atoms with Crippen LogP contribution in [0.5, 0.6) is 0 Å². The predicted octanol–water partition coefficient (Wildman–Crippen LogP) is 1.47. The van der Waals surface area contributed by atoms with Gasteiger partial charge >= 0.3 is 0 Å².